The molecule has 2 amide bonds. The maximum absolute atomic E-state index is 13.1. The minimum absolute atomic E-state index is 0.0229. The molecule has 1 saturated heterocycles. The zero-order valence-corrected chi connectivity index (χ0v) is 18.2. The number of hydrogen-bond acceptors (Lipinski definition) is 4. The van der Waals surface area contributed by atoms with Gasteiger partial charge in [-0.25, -0.2) is 4.98 Å². The lowest BCUT2D eigenvalue weighted by atomic mass is 9.98. The topological polar surface area (TPSA) is 69.3 Å². The zero-order valence-electron chi connectivity index (χ0n) is 17.4. The number of aromatic nitrogens is 2. The molecule has 158 valence electrons. The Balaban J connectivity index is 1.26. The maximum atomic E-state index is 13.1. The predicted molar refractivity (Wildman–Crippen MR) is 124 cm³/mol. The van der Waals surface area contributed by atoms with E-state index in [9.17, 15) is 9.59 Å². The van der Waals surface area contributed by atoms with Gasteiger partial charge in [0.15, 0.2) is 0 Å². The number of amides is 2. The minimum atomic E-state index is -0.278. The smallest absolute Gasteiger partial charge is 0.228 e. The van der Waals surface area contributed by atoms with Crippen molar-refractivity contribution in [2.24, 2.45) is 5.92 Å². The maximum Gasteiger partial charge on any atom is 0.228 e. The lowest BCUT2D eigenvalue weighted by Gasteiger charge is -2.28. The molecule has 0 aliphatic carbocycles. The van der Waals surface area contributed by atoms with Gasteiger partial charge in [-0.15, -0.1) is 11.8 Å². The number of carbonyl (C=O) groups is 2. The molecule has 1 N–H and O–H groups in total. The Morgan fingerprint density at radius 3 is 2.81 bits per heavy atom. The van der Waals surface area contributed by atoms with Gasteiger partial charge in [0.25, 0.3) is 0 Å². The van der Waals surface area contributed by atoms with Gasteiger partial charge in [-0.1, -0.05) is 6.08 Å². The van der Waals surface area contributed by atoms with Crippen LogP contribution in [0.25, 0.3) is 16.6 Å². The Hall–Kier alpha value is -3.06. The molecular formula is C24H24N4O2S. The SMILES string of the molecule is CSc1ccc(N2CC(C(=O)N3CC=C(c4c[nH]c5ncccc45)CC3)CC2=O)cc1. The zero-order chi connectivity index (χ0) is 21.4. The summed E-state index contributed by atoms with van der Waals surface area (Å²) in [5.74, 6) is -0.178. The van der Waals surface area contributed by atoms with Crippen LogP contribution in [-0.2, 0) is 9.59 Å². The molecule has 7 heteroatoms. The number of rotatable bonds is 4. The van der Waals surface area contributed by atoms with E-state index in [0.29, 0.717) is 19.6 Å². The average Bonchev–Trinajstić information content (AvgIpc) is 3.42. The van der Waals surface area contributed by atoms with Crippen molar-refractivity contribution < 1.29 is 9.59 Å². The van der Waals surface area contributed by atoms with Crippen LogP contribution >= 0.6 is 11.8 Å². The van der Waals surface area contributed by atoms with E-state index in [4.69, 9.17) is 0 Å². The molecule has 31 heavy (non-hydrogen) atoms. The van der Waals surface area contributed by atoms with Crippen LogP contribution in [0.15, 0.2) is 59.8 Å². The lowest BCUT2D eigenvalue weighted by Crippen LogP contribution is -2.39. The van der Waals surface area contributed by atoms with Crippen LogP contribution in [0, 0.1) is 5.92 Å². The molecule has 0 saturated carbocycles. The number of benzene rings is 1. The van der Waals surface area contributed by atoms with Gasteiger partial charge >= 0.3 is 0 Å². The second-order valence-corrected chi connectivity index (χ2v) is 8.85. The summed E-state index contributed by atoms with van der Waals surface area (Å²) in [4.78, 5) is 38.1. The van der Waals surface area contributed by atoms with Crippen molar-refractivity contribution >= 4 is 45.9 Å². The van der Waals surface area contributed by atoms with Crippen molar-refractivity contribution in [2.45, 2.75) is 17.7 Å². The van der Waals surface area contributed by atoms with Crippen molar-refractivity contribution in [1.82, 2.24) is 14.9 Å². The molecule has 2 aromatic heterocycles. The average molecular weight is 433 g/mol. The van der Waals surface area contributed by atoms with Crippen LogP contribution in [0.4, 0.5) is 5.69 Å². The van der Waals surface area contributed by atoms with Crippen LogP contribution in [0.1, 0.15) is 18.4 Å². The van der Waals surface area contributed by atoms with E-state index in [0.717, 1.165) is 33.6 Å². The largest absolute Gasteiger partial charge is 0.346 e. The van der Waals surface area contributed by atoms with Crippen LogP contribution in [-0.4, -0.2) is 52.6 Å². The van der Waals surface area contributed by atoms with Gasteiger partial charge in [-0.05, 0) is 54.6 Å². The molecular weight excluding hydrogens is 408 g/mol. The summed E-state index contributed by atoms with van der Waals surface area (Å²) < 4.78 is 0. The van der Waals surface area contributed by atoms with Crippen LogP contribution in [0.2, 0.25) is 0 Å². The third-order valence-electron chi connectivity index (χ3n) is 6.18. The first-order valence-corrected chi connectivity index (χ1v) is 11.7. The Labute approximate surface area is 185 Å². The normalized spacial score (nSPS) is 19.2. The molecule has 1 aromatic carbocycles. The molecule has 2 aliphatic heterocycles. The van der Waals surface area contributed by atoms with Crippen LogP contribution in [0.3, 0.4) is 0 Å². The van der Waals surface area contributed by atoms with Gasteiger partial charge in [0, 0.05) is 60.0 Å². The molecule has 5 rings (SSSR count). The van der Waals surface area contributed by atoms with E-state index in [2.05, 4.69) is 22.1 Å². The van der Waals surface area contributed by atoms with E-state index in [1.807, 2.05) is 47.7 Å². The van der Waals surface area contributed by atoms with E-state index in [1.54, 1.807) is 22.9 Å². The molecule has 0 spiro atoms. The number of nitrogens with zero attached hydrogens (tertiary/aromatic N) is 3. The quantitative estimate of drug-likeness (QED) is 0.634. The highest BCUT2D eigenvalue weighted by atomic mass is 32.2. The standard InChI is InChI=1S/C24H24N4O2S/c1-31-19-6-4-18(5-7-19)28-15-17(13-22(28)29)24(30)27-11-8-16(9-12-27)21-14-26-23-20(21)3-2-10-25-23/h2-8,10,14,17H,9,11-13,15H2,1H3,(H,25,26). The van der Waals surface area contributed by atoms with Crippen LogP contribution < -0.4 is 4.90 Å². The van der Waals surface area contributed by atoms with Crippen molar-refractivity contribution in [3.63, 3.8) is 0 Å². The Morgan fingerprint density at radius 2 is 2.06 bits per heavy atom. The molecule has 3 aromatic rings. The summed E-state index contributed by atoms with van der Waals surface area (Å²) in [7, 11) is 0. The van der Waals surface area contributed by atoms with Crippen molar-refractivity contribution in [3.05, 3.63) is 60.4 Å². The van der Waals surface area contributed by atoms with E-state index in [1.165, 1.54) is 5.57 Å². The number of fused-ring (bicyclic) bond motifs is 1. The van der Waals surface area contributed by atoms with Crippen molar-refractivity contribution in [1.29, 1.82) is 0 Å². The fraction of sp³-hybridized carbons (Fsp3) is 0.292. The number of aromatic amines is 1. The number of nitrogens with one attached hydrogen (secondary N) is 1. The first-order valence-electron chi connectivity index (χ1n) is 10.5. The van der Waals surface area contributed by atoms with Crippen molar-refractivity contribution in [3.8, 4) is 0 Å². The molecule has 1 fully saturated rings. The highest BCUT2D eigenvalue weighted by Crippen LogP contribution is 2.31. The van der Waals surface area contributed by atoms with Gasteiger partial charge in [-0.2, -0.15) is 0 Å². The molecule has 0 radical (unpaired) electrons. The molecule has 1 unspecified atom stereocenters. The molecule has 4 heterocycles. The predicted octanol–water partition coefficient (Wildman–Crippen LogP) is 3.95. The summed E-state index contributed by atoms with van der Waals surface area (Å²) in [6.07, 6.45) is 9.02. The Morgan fingerprint density at radius 1 is 1.23 bits per heavy atom. The fourth-order valence-corrected chi connectivity index (χ4v) is 4.89. The number of carbonyl (C=O) groups excluding carboxylic acids is 2. The summed E-state index contributed by atoms with van der Waals surface area (Å²) >= 11 is 1.67. The van der Waals surface area contributed by atoms with Crippen molar-refractivity contribution in [2.75, 3.05) is 30.8 Å². The highest BCUT2D eigenvalue weighted by molar-refractivity contribution is 7.98. The van der Waals surface area contributed by atoms with E-state index in [-0.39, 0.29) is 24.2 Å². The fourth-order valence-electron chi connectivity index (χ4n) is 4.48. The van der Waals surface area contributed by atoms with Gasteiger partial charge in [0.2, 0.25) is 11.8 Å². The molecule has 2 aliphatic rings. The molecule has 6 nitrogen and oxygen atoms in total. The number of pyridine rings is 1. The van der Waals surface area contributed by atoms with Gasteiger partial charge in [0.05, 0.1) is 5.92 Å². The van der Waals surface area contributed by atoms with Gasteiger partial charge < -0.3 is 14.8 Å². The first-order chi connectivity index (χ1) is 15.1. The second-order valence-electron chi connectivity index (χ2n) is 7.97. The van der Waals surface area contributed by atoms with Gasteiger partial charge in [0.1, 0.15) is 5.65 Å². The number of thioether (sulfide) groups is 1. The summed E-state index contributed by atoms with van der Waals surface area (Å²) in [5, 5.41) is 1.11. The first kappa shape index (κ1) is 19.9. The highest BCUT2D eigenvalue weighted by Gasteiger charge is 2.37. The number of H-pyrrole nitrogens is 1. The summed E-state index contributed by atoms with van der Waals surface area (Å²) in [6.45, 7) is 1.70. The minimum Gasteiger partial charge on any atom is -0.346 e. The molecule has 0 bridgehead atoms. The number of anilines is 1. The third kappa shape index (κ3) is 3.74. The lowest BCUT2D eigenvalue weighted by molar-refractivity contribution is -0.135. The van der Waals surface area contributed by atoms with E-state index < -0.39 is 0 Å². The monoisotopic (exact) mass is 432 g/mol. The Kier molecular flexibility index (Phi) is 5.28. The number of hydrogen-bond donors (Lipinski definition) is 1. The van der Waals surface area contributed by atoms with Crippen LogP contribution in [0.5, 0.6) is 0 Å². The summed E-state index contributed by atoms with van der Waals surface area (Å²) in [6, 6.07) is 12.0. The van der Waals surface area contributed by atoms with Gasteiger partial charge in [-0.3, -0.25) is 9.59 Å². The summed E-state index contributed by atoms with van der Waals surface area (Å²) in [5.41, 5.74) is 4.14. The van der Waals surface area contributed by atoms with E-state index >= 15 is 0 Å². The third-order valence-corrected chi connectivity index (χ3v) is 6.92. The molecule has 1 atom stereocenters. The second kappa shape index (κ2) is 8.23. The Bertz CT molecular complexity index is 1170.